The minimum absolute atomic E-state index is 0.0251. The Balaban J connectivity index is 2.00. The van der Waals surface area contributed by atoms with Crippen LogP contribution in [0.25, 0.3) is 11.2 Å². The zero-order valence-corrected chi connectivity index (χ0v) is 17.7. The lowest BCUT2D eigenvalue weighted by Gasteiger charge is -2.26. The molecule has 1 aliphatic heterocycles. The molecule has 0 aromatic carbocycles. The van der Waals surface area contributed by atoms with Crippen LogP contribution in [0.1, 0.15) is 19.0 Å². The number of aliphatic hydroxyl groups is 2. The monoisotopic (exact) mass is 446 g/mol. The maximum absolute atomic E-state index is 12.1. The van der Waals surface area contributed by atoms with E-state index in [0.717, 1.165) is 6.16 Å². The first-order chi connectivity index (χ1) is 12.0. The third-order valence-corrected chi connectivity index (χ3v) is 6.62. The van der Waals surface area contributed by atoms with Crippen LogP contribution in [0.2, 0.25) is 0 Å². The van der Waals surface area contributed by atoms with E-state index in [-0.39, 0.29) is 17.0 Å². The Labute approximate surface area is 159 Å². The zero-order chi connectivity index (χ0) is 19.4. The van der Waals surface area contributed by atoms with E-state index in [4.69, 9.17) is 4.74 Å². The number of nitrogens with one attached hydrogen (secondary N) is 1. The van der Waals surface area contributed by atoms with Gasteiger partial charge in [0.05, 0.1) is 6.10 Å². The Morgan fingerprint density at radius 2 is 2.04 bits per heavy atom. The molecule has 5 atom stereocenters. The van der Waals surface area contributed by atoms with E-state index in [9.17, 15) is 15.0 Å². The summed E-state index contributed by atoms with van der Waals surface area (Å²) >= 11 is 3.31. The maximum Gasteiger partial charge on any atom is 0.279 e. The van der Waals surface area contributed by atoms with Gasteiger partial charge in [0.15, 0.2) is 22.1 Å². The summed E-state index contributed by atoms with van der Waals surface area (Å²) in [5.74, 6) is 0.454. The molecular formula is C16H24BrN4O4P. The van der Waals surface area contributed by atoms with Crippen LogP contribution in [0.15, 0.2) is 9.53 Å². The Kier molecular flexibility index (Phi) is 5.22. The third kappa shape index (κ3) is 3.55. The van der Waals surface area contributed by atoms with Crippen molar-refractivity contribution in [3.8, 4) is 0 Å². The van der Waals surface area contributed by atoms with Crippen molar-refractivity contribution in [2.45, 2.75) is 38.4 Å². The van der Waals surface area contributed by atoms with Gasteiger partial charge >= 0.3 is 0 Å². The number of aromatic amines is 1. The zero-order valence-electron chi connectivity index (χ0n) is 15.2. The van der Waals surface area contributed by atoms with Crippen molar-refractivity contribution in [1.82, 2.24) is 19.5 Å². The molecule has 3 heterocycles. The average Bonchev–Trinajstić information content (AvgIpc) is 2.96. The van der Waals surface area contributed by atoms with Gasteiger partial charge in [-0.3, -0.25) is 9.36 Å². The number of hydrogen-bond acceptors (Lipinski definition) is 6. The van der Waals surface area contributed by atoms with Crippen molar-refractivity contribution < 1.29 is 14.9 Å². The van der Waals surface area contributed by atoms with Crippen LogP contribution in [-0.2, 0) is 4.74 Å². The molecule has 8 nitrogen and oxygen atoms in total. The molecule has 0 aliphatic carbocycles. The largest absolute Gasteiger partial charge is 0.388 e. The number of hydrogen-bond donors (Lipinski definition) is 3. The molecule has 0 radical (unpaired) electrons. The highest BCUT2D eigenvalue weighted by atomic mass is 79.9. The van der Waals surface area contributed by atoms with Gasteiger partial charge in [-0.05, 0) is 48.3 Å². The number of halogens is 1. The molecule has 1 unspecified atom stereocenters. The summed E-state index contributed by atoms with van der Waals surface area (Å²) < 4.78 is 7.86. The maximum atomic E-state index is 12.1. The van der Waals surface area contributed by atoms with Crippen molar-refractivity contribution >= 4 is 40.3 Å². The van der Waals surface area contributed by atoms with Crippen molar-refractivity contribution in [3.05, 3.63) is 20.9 Å². The lowest BCUT2D eigenvalue weighted by molar-refractivity contribution is -0.0498. The molecule has 1 saturated heterocycles. The molecule has 2 aromatic rings. The van der Waals surface area contributed by atoms with E-state index < -0.39 is 31.4 Å². The lowest BCUT2D eigenvalue weighted by atomic mass is 10.0. The van der Waals surface area contributed by atoms with E-state index in [1.54, 1.807) is 6.92 Å². The van der Waals surface area contributed by atoms with Gasteiger partial charge in [-0.1, -0.05) is 6.92 Å². The van der Waals surface area contributed by atoms with Gasteiger partial charge in [-0.25, -0.2) is 9.97 Å². The Morgan fingerprint density at radius 3 is 2.65 bits per heavy atom. The van der Waals surface area contributed by atoms with Crippen LogP contribution in [0, 0.1) is 12.8 Å². The lowest BCUT2D eigenvalue weighted by Crippen LogP contribution is -2.36. The van der Waals surface area contributed by atoms with Gasteiger partial charge in [0, 0.05) is 0 Å². The molecule has 2 aromatic heterocycles. The van der Waals surface area contributed by atoms with E-state index in [2.05, 4.69) is 50.5 Å². The molecule has 0 spiro atoms. The molecule has 0 amide bonds. The SMILES string of the molecule is C=P(C)(C)CC(C)[C@H]1O[C@@H](n2c(Br)nc3c(=O)[nH]c(C)nc32)[C@H](O)[C@@H]1O. The quantitative estimate of drug-likeness (QED) is 0.479. The second kappa shape index (κ2) is 6.87. The molecular weight excluding hydrogens is 423 g/mol. The van der Waals surface area contributed by atoms with Crippen LogP contribution in [0.5, 0.6) is 0 Å². The van der Waals surface area contributed by atoms with Crippen molar-refractivity contribution in [1.29, 1.82) is 0 Å². The van der Waals surface area contributed by atoms with E-state index in [0.29, 0.717) is 16.2 Å². The number of H-pyrrole nitrogens is 1. The van der Waals surface area contributed by atoms with E-state index in [1.807, 2.05) is 6.92 Å². The Morgan fingerprint density at radius 1 is 1.38 bits per heavy atom. The summed E-state index contributed by atoms with van der Waals surface area (Å²) in [5, 5.41) is 21.2. The van der Waals surface area contributed by atoms with Crippen molar-refractivity contribution in [2.75, 3.05) is 19.5 Å². The second-order valence-corrected chi connectivity index (χ2v) is 12.6. The topological polar surface area (TPSA) is 113 Å². The van der Waals surface area contributed by atoms with E-state index in [1.165, 1.54) is 4.57 Å². The van der Waals surface area contributed by atoms with Crippen molar-refractivity contribution in [3.63, 3.8) is 0 Å². The van der Waals surface area contributed by atoms with Crippen LogP contribution in [-0.4, -0.2) is 73.8 Å². The van der Waals surface area contributed by atoms with Crippen LogP contribution < -0.4 is 5.56 Å². The number of imidazole rings is 1. The number of aliphatic hydroxyl groups excluding tert-OH is 2. The average molecular weight is 447 g/mol. The van der Waals surface area contributed by atoms with Gasteiger partial charge in [0.2, 0.25) is 0 Å². The van der Waals surface area contributed by atoms with Gasteiger partial charge in [0.25, 0.3) is 5.56 Å². The first-order valence-electron chi connectivity index (χ1n) is 8.33. The second-order valence-electron chi connectivity index (χ2n) is 7.64. The fourth-order valence-corrected chi connectivity index (χ4v) is 5.86. The summed E-state index contributed by atoms with van der Waals surface area (Å²) in [5.41, 5.74) is 0.0789. The molecule has 3 rings (SSSR count). The van der Waals surface area contributed by atoms with Gasteiger partial charge in [0.1, 0.15) is 18.0 Å². The smallest absolute Gasteiger partial charge is 0.279 e. The molecule has 10 heteroatoms. The number of ether oxygens (including phenoxy) is 1. The minimum atomic E-state index is -1.32. The summed E-state index contributed by atoms with van der Waals surface area (Å²) in [4.78, 5) is 23.2. The van der Waals surface area contributed by atoms with Gasteiger partial charge < -0.3 is 19.9 Å². The van der Waals surface area contributed by atoms with Crippen LogP contribution in [0.4, 0.5) is 0 Å². The van der Waals surface area contributed by atoms with Gasteiger partial charge in [-0.2, -0.15) is 0 Å². The number of aryl methyl sites for hydroxylation is 1. The van der Waals surface area contributed by atoms with Gasteiger partial charge in [-0.15, -0.1) is 13.2 Å². The third-order valence-electron chi connectivity index (χ3n) is 4.50. The van der Waals surface area contributed by atoms with Crippen LogP contribution in [0.3, 0.4) is 0 Å². The Bertz CT molecular complexity index is 936. The highest BCUT2D eigenvalue weighted by molar-refractivity contribution is 9.10. The first kappa shape index (κ1) is 19.8. The predicted octanol–water partition coefficient (Wildman–Crippen LogP) is 1.16. The number of rotatable bonds is 4. The molecule has 0 saturated carbocycles. The number of aromatic nitrogens is 4. The summed E-state index contributed by atoms with van der Waals surface area (Å²) in [6.45, 7) is 6.58. The fourth-order valence-electron chi connectivity index (χ4n) is 3.55. The molecule has 26 heavy (non-hydrogen) atoms. The van der Waals surface area contributed by atoms with Crippen LogP contribution >= 0.6 is 22.8 Å². The minimum Gasteiger partial charge on any atom is -0.388 e. The molecule has 1 aliphatic rings. The van der Waals surface area contributed by atoms with Crippen molar-refractivity contribution in [2.24, 2.45) is 5.92 Å². The summed E-state index contributed by atoms with van der Waals surface area (Å²) in [6, 6.07) is 0. The predicted molar refractivity (Wildman–Crippen MR) is 106 cm³/mol. The standard InChI is InChI=1S/C16H24BrN4O4P/c1-7(6-26(3,4)5)12-10(22)11(23)15(25-12)21-13-9(20-16(21)17)14(24)19-8(2)18-13/h7,10-12,15,22-23H,3,6H2,1-2,4-5H3,(H,18,19,24)/t7?,10-,11+,12+,15+/m0/s1. The molecule has 3 N–H and O–H groups in total. The summed E-state index contributed by atoms with van der Waals surface area (Å²) in [6.07, 6.45) is 1.40. The number of nitrogens with zero attached hydrogens (tertiary/aromatic N) is 3. The highest BCUT2D eigenvalue weighted by Crippen LogP contribution is 2.43. The number of fused-ring (bicyclic) bond motifs is 1. The first-order valence-corrected chi connectivity index (χ1v) is 12.2. The Hall–Kier alpha value is -0.990. The molecule has 0 bridgehead atoms. The van der Waals surface area contributed by atoms with E-state index >= 15 is 0 Å². The molecule has 144 valence electrons. The fraction of sp³-hybridized carbons (Fsp3) is 0.625. The molecule has 1 fully saturated rings. The normalized spacial score (nSPS) is 28.0. The summed E-state index contributed by atoms with van der Waals surface area (Å²) in [7, 11) is 0. The highest BCUT2D eigenvalue weighted by Gasteiger charge is 2.47.